The summed E-state index contributed by atoms with van der Waals surface area (Å²) in [5.41, 5.74) is 2.44. The van der Waals surface area contributed by atoms with Gasteiger partial charge in [0, 0.05) is 18.3 Å². The van der Waals surface area contributed by atoms with E-state index in [4.69, 9.17) is 0 Å². The number of rotatable bonds is 3. The highest BCUT2D eigenvalue weighted by Gasteiger charge is 2.18. The van der Waals surface area contributed by atoms with Crippen molar-refractivity contribution in [2.45, 2.75) is 44.1 Å². The van der Waals surface area contributed by atoms with Crippen molar-refractivity contribution in [3.05, 3.63) is 21.7 Å². The SMILES string of the molecule is CCCSc1nc(=O)n(C)c2c1CCCC2. The largest absolute Gasteiger partial charge is 0.348 e. The zero-order chi connectivity index (χ0) is 11.5. The molecular weight excluding hydrogens is 220 g/mol. The van der Waals surface area contributed by atoms with Gasteiger partial charge in [0.25, 0.3) is 0 Å². The van der Waals surface area contributed by atoms with E-state index in [1.807, 2.05) is 7.05 Å². The van der Waals surface area contributed by atoms with Crippen LogP contribution in [0.5, 0.6) is 0 Å². The molecule has 1 aromatic heterocycles. The van der Waals surface area contributed by atoms with Crippen LogP contribution >= 0.6 is 11.8 Å². The Morgan fingerprint density at radius 2 is 2.12 bits per heavy atom. The summed E-state index contributed by atoms with van der Waals surface area (Å²) in [4.78, 5) is 15.9. The van der Waals surface area contributed by atoms with Crippen LogP contribution in [-0.4, -0.2) is 15.3 Å². The molecule has 0 atom stereocenters. The molecule has 88 valence electrons. The van der Waals surface area contributed by atoms with Gasteiger partial charge in [0.1, 0.15) is 5.03 Å². The van der Waals surface area contributed by atoms with E-state index in [1.165, 1.54) is 24.1 Å². The Kier molecular flexibility index (Phi) is 3.69. The summed E-state index contributed by atoms with van der Waals surface area (Å²) in [5.74, 6) is 1.05. The van der Waals surface area contributed by atoms with Crippen molar-refractivity contribution in [1.29, 1.82) is 0 Å². The molecule has 0 spiro atoms. The molecule has 2 rings (SSSR count). The van der Waals surface area contributed by atoms with Crippen LogP contribution in [0.2, 0.25) is 0 Å². The molecule has 0 bridgehead atoms. The summed E-state index contributed by atoms with van der Waals surface area (Å²) in [7, 11) is 1.84. The summed E-state index contributed by atoms with van der Waals surface area (Å²) < 4.78 is 1.73. The van der Waals surface area contributed by atoms with Gasteiger partial charge in [0.15, 0.2) is 0 Å². The molecule has 4 heteroatoms. The van der Waals surface area contributed by atoms with Crippen LogP contribution in [0.3, 0.4) is 0 Å². The first kappa shape index (κ1) is 11.7. The van der Waals surface area contributed by atoms with Gasteiger partial charge < -0.3 is 0 Å². The Morgan fingerprint density at radius 1 is 1.38 bits per heavy atom. The maximum absolute atomic E-state index is 11.7. The number of aromatic nitrogens is 2. The smallest absolute Gasteiger partial charge is 0.299 e. The molecule has 3 nitrogen and oxygen atoms in total. The lowest BCUT2D eigenvalue weighted by Gasteiger charge is -2.20. The van der Waals surface area contributed by atoms with Crippen molar-refractivity contribution in [2.24, 2.45) is 7.05 Å². The van der Waals surface area contributed by atoms with Crippen molar-refractivity contribution in [3.63, 3.8) is 0 Å². The van der Waals surface area contributed by atoms with E-state index in [-0.39, 0.29) is 5.69 Å². The van der Waals surface area contributed by atoms with Gasteiger partial charge in [-0.2, -0.15) is 4.98 Å². The second kappa shape index (κ2) is 5.04. The summed E-state index contributed by atoms with van der Waals surface area (Å²) in [6.07, 6.45) is 5.66. The maximum atomic E-state index is 11.7. The normalized spacial score (nSPS) is 14.9. The minimum absolute atomic E-state index is 0.0979. The Morgan fingerprint density at radius 3 is 2.88 bits per heavy atom. The fraction of sp³-hybridized carbons (Fsp3) is 0.667. The molecule has 1 aromatic rings. The summed E-state index contributed by atoms with van der Waals surface area (Å²) >= 11 is 1.73. The monoisotopic (exact) mass is 238 g/mol. The molecule has 16 heavy (non-hydrogen) atoms. The Balaban J connectivity index is 2.44. The van der Waals surface area contributed by atoms with Gasteiger partial charge in [0.05, 0.1) is 0 Å². The zero-order valence-corrected chi connectivity index (χ0v) is 10.8. The first-order valence-electron chi connectivity index (χ1n) is 5.95. The van der Waals surface area contributed by atoms with Crippen molar-refractivity contribution < 1.29 is 0 Å². The molecule has 0 radical (unpaired) electrons. The Bertz CT molecular complexity index is 439. The standard InChI is InChI=1S/C12H18N2OS/c1-3-8-16-11-9-6-4-5-7-10(9)14(2)12(15)13-11/h3-8H2,1-2H3. The first-order valence-corrected chi connectivity index (χ1v) is 6.94. The van der Waals surface area contributed by atoms with E-state index in [9.17, 15) is 4.79 Å². The van der Waals surface area contributed by atoms with Crippen LogP contribution in [0, 0.1) is 0 Å². The molecule has 0 fully saturated rings. The van der Waals surface area contributed by atoms with E-state index in [2.05, 4.69) is 11.9 Å². The highest BCUT2D eigenvalue weighted by Crippen LogP contribution is 2.28. The van der Waals surface area contributed by atoms with Crippen molar-refractivity contribution >= 4 is 11.8 Å². The predicted molar refractivity (Wildman–Crippen MR) is 67.1 cm³/mol. The van der Waals surface area contributed by atoms with Crippen molar-refractivity contribution in [2.75, 3.05) is 5.75 Å². The van der Waals surface area contributed by atoms with Gasteiger partial charge in [-0.3, -0.25) is 4.57 Å². The molecule has 0 aliphatic heterocycles. The first-order chi connectivity index (χ1) is 7.74. The lowest BCUT2D eigenvalue weighted by molar-refractivity contribution is 0.591. The molecule has 1 aliphatic carbocycles. The van der Waals surface area contributed by atoms with Crippen LogP contribution in [-0.2, 0) is 19.9 Å². The Hall–Kier alpha value is -0.770. The van der Waals surface area contributed by atoms with Crippen LogP contribution in [0.1, 0.15) is 37.4 Å². The molecule has 1 heterocycles. The van der Waals surface area contributed by atoms with Crippen LogP contribution in [0.15, 0.2) is 9.82 Å². The van der Waals surface area contributed by atoms with E-state index in [0.717, 1.165) is 30.0 Å². The second-order valence-corrected chi connectivity index (χ2v) is 5.32. The lowest BCUT2D eigenvalue weighted by Crippen LogP contribution is -2.27. The van der Waals surface area contributed by atoms with E-state index < -0.39 is 0 Å². The average molecular weight is 238 g/mol. The topological polar surface area (TPSA) is 34.9 Å². The maximum Gasteiger partial charge on any atom is 0.348 e. The second-order valence-electron chi connectivity index (χ2n) is 4.24. The van der Waals surface area contributed by atoms with E-state index in [0.29, 0.717) is 0 Å². The predicted octanol–water partition coefficient (Wildman–Crippen LogP) is 2.16. The van der Waals surface area contributed by atoms with Crippen molar-refractivity contribution in [3.8, 4) is 0 Å². The number of hydrogen-bond acceptors (Lipinski definition) is 3. The van der Waals surface area contributed by atoms with Gasteiger partial charge in [-0.25, -0.2) is 4.79 Å². The highest BCUT2D eigenvalue weighted by molar-refractivity contribution is 7.99. The van der Waals surface area contributed by atoms with Crippen LogP contribution < -0.4 is 5.69 Å². The fourth-order valence-corrected chi connectivity index (χ4v) is 3.09. The van der Waals surface area contributed by atoms with E-state index >= 15 is 0 Å². The highest BCUT2D eigenvalue weighted by atomic mass is 32.2. The fourth-order valence-electron chi connectivity index (χ4n) is 2.15. The molecule has 0 N–H and O–H groups in total. The van der Waals surface area contributed by atoms with Gasteiger partial charge in [-0.15, -0.1) is 11.8 Å². The third kappa shape index (κ3) is 2.17. The lowest BCUT2D eigenvalue weighted by atomic mass is 9.97. The molecular formula is C12H18N2OS. The zero-order valence-electron chi connectivity index (χ0n) is 9.95. The number of fused-ring (bicyclic) bond motifs is 1. The molecule has 0 aromatic carbocycles. The summed E-state index contributed by atoms with van der Waals surface area (Å²) in [6.45, 7) is 2.15. The van der Waals surface area contributed by atoms with Crippen LogP contribution in [0.25, 0.3) is 0 Å². The molecule has 0 unspecified atom stereocenters. The number of thioether (sulfide) groups is 1. The minimum Gasteiger partial charge on any atom is -0.299 e. The number of hydrogen-bond donors (Lipinski definition) is 0. The number of nitrogens with zero attached hydrogens (tertiary/aromatic N) is 2. The Labute approximate surface area is 100 Å². The average Bonchev–Trinajstić information content (AvgIpc) is 2.32. The molecule has 1 aliphatic rings. The third-order valence-corrected chi connectivity index (χ3v) is 4.25. The van der Waals surface area contributed by atoms with E-state index in [1.54, 1.807) is 16.3 Å². The summed E-state index contributed by atoms with van der Waals surface area (Å²) in [6, 6.07) is 0. The quantitative estimate of drug-likeness (QED) is 0.598. The molecule has 0 saturated carbocycles. The molecule has 0 amide bonds. The van der Waals surface area contributed by atoms with Gasteiger partial charge in [-0.05, 0) is 37.9 Å². The van der Waals surface area contributed by atoms with Gasteiger partial charge in [0.2, 0.25) is 0 Å². The third-order valence-electron chi connectivity index (χ3n) is 3.03. The van der Waals surface area contributed by atoms with Crippen LogP contribution in [0.4, 0.5) is 0 Å². The minimum atomic E-state index is -0.0979. The van der Waals surface area contributed by atoms with Crippen molar-refractivity contribution in [1.82, 2.24) is 9.55 Å². The summed E-state index contributed by atoms with van der Waals surface area (Å²) in [5, 5.41) is 0.986. The van der Waals surface area contributed by atoms with Gasteiger partial charge in [-0.1, -0.05) is 6.92 Å². The molecule has 0 saturated heterocycles. The van der Waals surface area contributed by atoms with Gasteiger partial charge >= 0.3 is 5.69 Å².